The van der Waals surface area contributed by atoms with Gasteiger partial charge in [0.05, 0.1) is 26.9 Å². The first-order chi connectivity index (χ1) is 15.6. The normalized spacial score (nSPS) is 14.8. The van der Waals surface area contributed by atoms with Crippen LogP contribution in [0.5, 0.6) is 11.5 Å². The number of guanidine groups is 1. The predicted molar refractivity (Wildman–Crippen MR) is 126 cm³/mol. The first kappa shape index (κ1) is 23.9. The van der Waals surface area contributed by atoms with E-state index in [1.807, 2.05) is 25.2 Å². The zero-order valence-electron chi connectivity index (χ0n) is 19.6. The fraction of sp³-hybridized carbons (Fsp3) is 0.480. The first-order valence-corrected chi connectivity index (χ1v) is 11.0. The maximum Gasteiger partial charge on any atom is 0.193 e. The molecule has 1 aliphatic rings. The van der Waals surface area contributed by atoms with Crippen LogP contribution in [0.15, 0.2) is 47.5 Å². The van der Waals surface area contributed by atoms with Crippen molar-refractivity contribution in [2.75, 3.05) is 41.5 Å². The summed E-state index contributed by atoms with van der Waals surface area (Å²) in [7, 11) is 7.12. The molecule has 0 amide bonds. The number of benzene rings is 2. The molecule has 7 nitrogen and oxygen atoms in total. The number of ether oxygens (including phenoxy) is 4. The van der Waals surface area contributed by atoms with Crippen LogP contribution in [0.2, 0.25) is 0 Å². The molecule has 3 rings (SSSR count). The monoisotopic (exact) mass is 441 g/mol. The second kappa shape index (κ2) is 12.3. The highest BCUT2D eigenvalue weighted by Gasteiger charge is 2.14. The van der Waals surface area contributed by atoms with E-state index < -0.39 is 0 Å². The molecule has 1 aliphatic heterocycles. The van der Waals surface area contributed by atoms with Crippen molar-refractivity contribution >= 4 is 5.96 Å². The van der Waals surface area contributed by atoms with E-state index in [1.54, 1.807) is 21.3 Å². The first-order valence-electron chi connectivity index (χ1n) is 11.0. The lowest BCUT2D eigenvalue weighted by Crippen LogP contribution is -2.38. The Kier molecular flexibility index (Phi) is 9.19. The summed E-state index contributed by atoms with van der Waals surface area (Å²) >= 11 is 0. The van der Waals surface area contributed by atoms with Gasteiger partial charge in [0.15, 0.2) is 5.96 Å². The van der Waals surface area contributed by atoms with Crippen LogP contribution < -0.4 is 14.8 Å². The number of hydrogen-bond acceptors (Lipinski definition) is 5. The average molecular weight is 442 g/mol. The number of hydrogen-bond donors (Lipinski definition) is 1. The van der Waals surface area contributed by atoms with Gasteiger partial charge >= 0.3 is 0 Å². The van der Waals surface area contributed by atoms with Crippen LogP contribution in [0.3, 0.4) is 0 Å². The Morgan fingerprint density at radius 1 is 1.06 bits per heavy atom. The fourth-order valence-corrected chi connectivity index (χ4v) is 3.69. The van der Waals surface area contributed by atoms with Gasteiger partial charge < -0.3 is 29.2 Å². The van der Waals surface area contributed by atoms with E-state index in [4.69, 9.17) is 18.9 Å². The molecule has 0 spiro atoms. The largest absolute Gasteiger partial charge is 0.497 e. The lowest BCUT2D eigenvalue weighted by molar-refractivity contribution is -0.0390. The Balaban J connectivity index is 1.50. The van der Waals surface area contributed by atoms with E-state index in [1.165, 1.54) is 11.1 Å². The van der Waals surface area contributed by atoms with Crippen molar-refractivity contribution in [2.24, 2.45) is 4.99 Å². The Morgan fingerprint density at radius 2 is 1.78 bits per heavy atom. The van der Waals surface area contributed by atoms with E-state index >= 15 is 0 Å². The van der Waals surface area contributed by atoms with Crippen molar-refractivity contribution in [2.45, 2.75) is 38.6 Å². The van der Waals surface area contributed by atoms with Gasteiger partial charge in [0.1, 0.15) is 11.5 Å². The number of rotatable bonds is 9. The quantitative estimate of drug-likeness (QED) is 0.474. The zero-order chi connectivity index (χ0) is 22.8. The second-order valence-electron chi connectivity index (χ2n) is 7.87. The smallest absolute Gasteiger partial charge is 0.193 e. The molecule has 0 aromatic heterocycles. The molecule has 0 aliphatic carbocycles. The fourth-order valence-electron chi connectivity index (χ4n) is 3.69. The van der Waals surface area contributed by atoms with Gasteiger partial charge in [0, 0.05) is 52.0 Å². The van der Waals surface area contributed by atoms with Crippen LogP contribution in [-0.4, -0.2) is 58.5 Å². The molecule has 7 heteroatoms. The Morgan fingerprint density at radius 3 is 2.44 bits per heavy atom. The number of nitrogens with zero attached hydrogens (tertiary/aromatic N) is 2. The van der Waals surface area contributed by atoms with Gasteiger partial charge in [-0.1, -0.05) is 24.3 Å². The molecule has 0 bridgehead atoms. The standard InChI is InChI=1S/C25H35N3O4/c1-26-25(28(2)17-21-9-10-23(29-3)15-24(21)30-4)27-16-19-5-7-20(8-6-19)18-32-22-11-13-31-14-12-22/h5-10,15,22H,11-14,16-18H2,1-4H3,(H,26,27). The van der Waals surface area contributed by atoms with Crippen LogP contribution in [-0.2, 0) is 29.2 Å². The molecule has 1 saturated heterocycles. The van der Waals surface area contributed by atoms with E-state index in [0.717, 1.165) is 49.1 Å². The lowest BCUT2D eigenvalue weighted by atomic mass is 10.1. The van der Waals surface area contributed by atoms with E-state index in [-0.39, 0.29) is 0 Å². The molecule has 2 aromatic carbocycles. The Labute approximate surface area is 191 Å². The third kappa shape index (κ3) is 6.87. The van der Waals surface area contributed by atoms with Crippen molar-refractivity contribution in [3.8, 4) is 11.5 Å². The van der Waals surface area contributed by atoms with Crippen molar-refractivity contribution in [3.05, 3.63) is 59.2 Å². The van der Waals surface area contributed by atoms with Crippen molar-refractivity contribution in [1.82, 2.24) is 10.2 Å². The summed E-state index contributed by atoms with van der Waals surface area (Å²) in [4.78, 5) is 6.49. The Hall–Kier alpha value is -2.77. The summed E-state index contributed by atoms with van der Waals surface area (Å²) in [5.41, 5.74) is 3.44. The van der Waals surface area contributed by atoms with Crippen LogP contribution in [0.1, 0.15) is 29.5 Å². The summed E-state index contributed by atoms with van der Waals surface area (Å²) < 4.78 is 22.2. The highest BCUT2D eigenvalue weighted by molar-refractivity contribution is 5.79. The maximum absolute atomic E-state index is 6.01. The summed E-state index contributed by atoms with van der Waals surface area (Å²) in [6.45, 7) is 3.60. The molecule has 1 fully saturated rings. The third-order valence-corrected chi connectivity index (χ3v) is 5.60. The van der Waals surface area contributed by atoms with Gasteiger partial charge in [-0.25, -0.2) is 0 Å². The summed E-state index contributed by atoms with van der Waals surface area (Å²) in [6, 6.07) is 14.4. The van der Waals surface area contributed by atoms with Gasteiger partial charge in [0.25, 0.3) is 0 Å². The number of methoxy groups -OCH3 is 2. The summed E-state index contributed by atoms with van der Waals surface area (Å²) in [5.74, 6) is 2.39. The molecule has 0 saturated carbocycles. The molecule has 174 valence electrons. The predicted octanol–water partition coefficient (Wildman–Crippen LogP) is 3.61. The van der Waals surface area contributed by atoms with Gasteiger partial charge in [-0.15, -0.1) is 0 Å². The Bertz CT molecular complexity index is 864. The summed E-state index contributed by atoms with van der Waals surface area (Å²) in [6.07, 6.45) is 2.28. The minimum atomic E-state index is 0.313. The van der Waals surface area contributed by atoms with Crippen molar-refractivity contribution in [1.29, 1.82) is 0 Å². The molecule has 2 aromatic rings. The zero-order valence-corrected chi connectivity index (χ0v) is 19.6. The van der Waals surface area contributed by atoms with Crippen LogP contribution in [0.25, 0.3) is 0 Å². The van der Waals surface area contributed by atoms with Crippen LogP contribution in [0, 0.1) is 0 Å². The molecular weight excluding hydrogens is 406 g/mol. The van der Waals surface area contributed by atoms with Gasteiger partial charge in [0.2, 0.25) is 0 Å². The molecule has 0 radical (unpaired) electrons. The van der Waals surface area contributed by atoms with Gasteiger partial charge in [-0.2, -0.15) is 0 Å². The molecule has 1 heterocycles. The van der Waals surface area contributed by atoms with Crippen molar-refractivity contribution < 1.29 is 18.9 Å². The van der Waals surface area contributed by atoms with E-state index in [0.29, 0.717) is 25.8 Å². The highest BCUT2D eigenvalue weighted by atomic mass is 16.5. The third-order valence-electron chi connectivity index (χ3n) is 5.60. The van der Waals surface area contributed by atoms with Crippen LogP contribution >= 0.6 is 0 Å². The lowest BCUT2D eigenvalue weighted by Gasteiger charge is -2.23. The maximum atomic E-state index is 6.01. The van der Waals surface area contributed by atoms with Gasteiger partial charge in [-0.3, -0.25) is 4.99 Å². The molecule has 32 heavy (non-hydrogen) atoms. The molecule has 1 N–H and O–H groups in total. The topological polar surface area (TPSA) is 64.6 Å². The average Bonchev–Trinajstić information content (AvgIpc) is 2.84. The van der Waals surface area contributed by atoms with Crippen molar-refractivity contribution in [3.63, 3.8) is 0 Å². The van der Waals surface area contributed by atoms with Gasteiger partial charge in [-0.05, 0) is 36.1 Å². The number of nitrogens with one attached hydrogen (secondary N) is 1. The summed E-state index contributed by atoms with van der Waals surface area (Å²) in [5, 5.41) is 3.43. The van der Waals surface area contributed by atoms with E-state index in [2.05, 4.69) is 39.5 Å². The second-order valence-corrected chi connectivity index (χ2v) is 7.87. The minimum Gasteiger partial charge on any atom is -0.497 e. The SMILES string of the molecule is CN=C(NCc1ccc(COC2CCOCC2)cc1)N(C)Cc1ccc(OC)cc1OC. The minimum absolute atomic E-state index is 0.313. The molecule has 0 atom stereocenters. The highest BCUT2D eigenvalue weighted by Crippen LogP contribution is 2.25. The molecule has 0 unspecified atom stereocenters. The van der Waals surface area contributed by atoms with Crippen LogP contribution in [0.4, 0.5) is 0 Å². The number of aliphatic imine (C=N–C) groups is 1. The molecular formula is C25H35N3O4. The van der Waals surface area contributed by atoms with E-state index in [9.17, 15) is 0 Å².